The number of methoxy groups -OCH3 is 2. The third kappa shape index (κ3) is 15.5. The average Bonchev–Trinajstić information content (AvgIpc) is 0.848. The summed E-state index contributed by atoms with van der Waals surface area (Å²) < 4.78 is 12.2. The number of rotatable bonds is 23. The van der Waals surface area contributed by atoms with Gasteiger partial charge >= 0.3 is 0 Å². The molecule has 4 aromatic carbocycles. The second kappa shape index (κ2) is 31.3. The van der Waals surface area contributed by atoms with E-state index in [1.165, 1.54) is 12.8 Å². The number of likely N-dealkylation sites (N-methyl/N-ethyl adjacent to an activating group) is 2. The quantitative estimate of drug-likeness (QED) is 0.0209. The first kappa shape index (κ1) is 76.1. The van der Waals surface area contributed by atoms with Crippen LogP contribution in [-0.4, -0.2) is 210 Å². The summed E-state index contributed by atoms with van der Waals surface area (Å²) in [4.78, 5) is 79.7. The van der Waals surface area contributed by atoms with Gasteiger partial charge in [0.15, 0.2) is 0 Å². The predicted octanol–water partition coefficient (Wildman–Crippen LogP) is 8.33. The number of carbonyl (C=O) groups excluding carboxylic acids is 4. The summed E-state index contributed by atoms with van der Waals surface area (Å²) in [6, 6.07) is 22.2. The lowest BCUT2D eigenvalue weighted by Crippen LogP contribution is -2.62. The number of aliphatic hydroxyl groups excluding tert-OH is 2. The van der Waals surface area contributed by atoms with Crippen LogP contribution in [0.5, 0.6) is 11.5 Å². The largest absolute Gasteiger partial charge is 0.496 e. The minimum absolute atomic E-state index is 0.0268. The van der Waals surface area contributed by atoms with Gasteiger partial charge in [0, 0.05) is 133 Å². The summed E-state index contributed by atoms with van der Waals surface area (Å²) in [6.45, 7) is 21.3. The summed E-state index contributed by atoms with van der Waals surface area (Å²) in [5, 5.41) is 42.3. The van der Waals surface area contributed by atoms with Gasteiger partial charge in [0.05, 0.1) is 58.3 Å². The number of para-hydroxylation sites is 2. The zero-order chi connectivity index (χ0) is 73.5. The summed E-state index contributed by atoms with van der Waals surface area (Å²) in [5.74, 6) is 2.49. The van der Waals surface area contributed by atoms with Crippen molar-refractivity contribution in [1.29, 1.82) is 0 Å². The fraction of sp³-hybridized carbons (Fsp3) is 0.641. The highest BCUT2D eigenvalue weighted by molar-refractivity contribution is 5.98. The van der Waals surface area contributed by atoms with Crippen LogP contribution < -0.4 is 46.3 Å². The van der Waals surface area contributed by atoms with E-state index >= 15 is 0 Å². The number of aliphatic hydroxyl groups is 2. The number of nitrogens with one attached hydrogen (secondary N) is 4. The van der Waals surface area contributed by atoms with Gasteiger partial charge in [-0.15, -0.1) is 0 Å². The van der Waals surface area contributed by atoms with Crippen LogP contribution in [0.1, 0.15) is 126 Å². The Bertz CT molecular complexity index is 3730. The van der Waals surface area contributed by atoms with Crippen LogP contribution in [0.4, 0.5) is 11.4 Å². The van der Waals surface area contributed by atoms with Crippen molar-refractivity contribution in [3.8, 4) is 33.8 Å². The Hall–Kier alpha value is -7.09. The van der Waals surface area contributed by atoms with E-state index in [0.29, 0.717) is 63.5 Å². The van der Waals surface area contributed by atoms with E-state index in [4.69, 9.17) is 30.4 Å². The third-order valence-electron chi connectivity index (χ3n) is 25.0. The summed E-state index contributed by atoms with van der Waals surface area (Å²) >= 11 is 0. The van der Waals surface area contributed by atoms with Crippen molar-refractivity contribution in [3.05, 3.63) is 105 Å². The van der Waals surface area contributed by atoms with Crippen LogP contribution in [0.3, 0.4) is 0 Å². The smallest absolute Gasteiger partial charge is 0.251 e. The SMILES string of the molecule is COc1c(CN2O[C@@H](CN)[C@@H]([C@H](C)O)[C@H]2C(=O)N[C@H]2C[C@H]3C[C@@H]([C@@H]2C)C3(C)C)cccc1-c1cc(C(=O)N[C@@H]2CCN(C)C2)cc(N(C)C)c1.COc1c(CN2O[C@@H](CN=[N+]=[N-])[C@@H]([C@H](C)O)[C@H]2C(=O)N[C@H]2C[C@H]3C[C@@H]([C@@H]2C)C3(C)C)cccc1-c1cc(C(=O)N[C@@H]2CCN(C)C2)cc(N(C)C)c1. The van der Waals surface area contributed by atoms with Gasteiger partial charge in [-0.25, -0.2) is 0 Å². The average molecular weight is 1410 g/mol. The first-order valence-corrected chi connectivity index (χ1v) is 37.0. The molecule has 8 N–H and O–H groups in total. The minimum Gasteiger partial charge on any atom is -0.496 e. The van der Waals surface area contributed by atoms with Crippen LogP contribution in [0.2, 0.25) is 0 Å². The van der Waals surface area contributed by atoms with Crippen molar-refractivity contribution in [2.45, 2.75) is 168 Å². The van der Waals surface area contributed by atoms with Gasteiger partial charge in [0.1, 0.15) is 23.6 Å². The maximum atomic E-state index is 14.3. The molecular weight excluding hydrogens is 1290 g/mol. The number of carbonyl (C=O) groups is 4. The minimum atomic E-state index is -0.910. The molecule has 24 heteroatoms. The number of ether oxygens (including phenoxy) is 2. The molecule has 4 bridgehead atoms. The molecule has 0 spiro atoms. The van der Waals surface area contributed by atoms with Gasteiger partial charge in [-0.1, -0.05) is 83.1 Å². The topological polar surface area (TPSA) is 288 Å². The Morgan fingerprint density at radius 2 is 1.06 bits per heavy atom. The molecular formula is C78H114N14O10. The van der Waals surface area contributed by atoms with Gasteiger partial charge in [-0.3, -0.25) is 28.9 Å². The number of amides is 4. The van der Waals surface area contributed by atoms with Crippen LogP contribution >= 0.6 is 0 Å². The molecule has 0 aromatic heterocycles. The van der Waals surface area contributed by atoms with Gasteiger partial charge < -0.3 is 66.3 Å². The molecule has 0 unspecified atom stereocenters. The van der Waals surface area contributed by atoms with E-state index in [1.54, 1.807) is 38.2 Å². The van der Waals surface area contributed by atoms with Crippen molar-refractivity contribution >= 4 is 35.0 Å². The van der Waals surface area contributed by atoms with Gasteiger partial charge in [-0.05, 0) is 179 Å². The number of benzene rings is 4. The number of azide groups is 1. The normalized spacial score (nSPS) is 30.7. The highest BCUT2D eigenvalue weighted by atomic mass is 16.7. The van der Waals surface area contributed by atoms with Crippen molar-refractivity contribution in [2.24, 2.45) is 69.0 Å². The number of nitrogens with zero attached hydrogens (tertiary/aromatic N) is 9. The molecule has 6 aliphatic carbocycles. The Labute approximate surface area is 603 Å². The maximum Gasteiger partial charge on any atom is 0.251 e. The molecule has 556 valence electrons. The van der Waals surface area contributed by atoms with E-state index in [2.05, 4.69) is 103 Å². The van der Waals surface area contributed by atoms with Gasteiger partial charge in [0.2, 0.25) is 11.8 Å². The lowest BCUT2D eigenvalue weighted by Gasteiger charge is -2.62. The summed E-state index contributed by atoms with van der Waals surface area (Å²) in [5.41, 5.74) is 23.6. The number of hydrogen-bond donors (Lipinski definition) is 7. The molecule has 102 heavy (non-hydrogen) atoms. The maximum absolute atomic E-state index is 14.3. The van der Waals surface area contributed by atoms with Crippen molar-refractivity contribution in [2.75, 3.05) is 106 Å². The van der Waals surface area contributed by atoms with Crippen LogP contribution in [0.15, 0.2) is 77.9 Å². The van der Waals surface area contributed by atoms with E-state index < -0.39 is 48.3 Å². The van der Waals surface area contributed by atoms with E-state index in [0.717, 1.165) is 96.6 Å². The molecule has 4 aromatic rings. The molecule has 4 amide bonds. The number of likely N-dealkylation sites (tertiary alicyclic amines) is 2. The van der Waals surface area contributed by atoms with Crippen LogP contribution in [-0.2, 0) is 32.4 Å². The Morgan fingerprint density at radius 3 is 1.40 bits per heavy atom. The molecule has 0 radical (unpaired) electrons. The highest BCUT2D eigenvalue weighted by Gasteiger charge is 2.59. The number of hydrogen-bond acceptors (Lipinski definition) is 18. The monoisotopic (exact) mass is 1410 g/mol. The lowest BCUT2D eigenvalue weighted by molar-refractivity contribution is -0.176. The van der Waals surface area contributed by atoms with Crippen LogP contribution in [0, 0.1) is 58.2 Å². The highest BCUT2D eigenvalue weighted by Crippen LogP contribution is 2.62. The van der Waals surface area contributed by atoms with Crippen molar-refractivity contribution in [3.63, 3.8) is 0 Å². The first-order chi connectivity index (χ1) is 48.4. The Morgan fingerprint density at radius 1 is 0.647 bits per heavy atom. The van der Waals surface area contributed by atoms with Gasteiger partial charge in [0.25, 0.3) is 11.8 Å². The number of fused-ring (bicyclic) bond motifs is 4. The lowest BCUT2D eigenvalue weighted by atomic mass is 9.45. The van der Waals surface area contributed by atoms with Crippen LogP contribution in [0.25, 0.3) is 32.7 Å². The van der Waals surface area contributed by atoms with Crippen molar-refractivity contribution in [1.82, 2.24) is 41.2 Å². The van der Waals surface area contributed by atoms with Gasteiger partial charge in [-0.2, -0.15) is 10.1 Å². The zero-order valence-corrected chi connectivity index (χ0v) is 63.0. The Kier molecular flexibility index (Phi) is 23.3. The summed E-state index contributed by atoms with van der Waals surface area (Å²) in [7, 11) is 15.2. The third-order valence-corrected chi connectivity index (χ3v) is 25.0. The fourth-order valence-corrected chi connectivity index (χ4v) is 18.8. The van der Waals surface area contributed by atoms with E-state index in [9.17, 15) is 29.4 Å². The second-order valence-electron chi connectivity index (χ2n) is 32.5. The molecule has 24 nitrogen and oxygen atoms in total. The molecule has 10 fully saturated rings. The van der Waals surface area contributed by atoms with E-state index in [-0.39, 0.29) is 79.4 Å². The van der Waals surface area contributed by atoms with Crippen molar-refractivity contribution < 1.29 is 48.5 Å². The zero-order valence-electron chi connectivity index (χ0n) is 63.0. The predicted molar refractivity (Wildman–Crippen MR) is 396 cm³/mol. The number of nitrogens with two attached hydrogens (primary N) is 1. The number of anilines is 2. The molecule has 6 saturated carbocycles. The standard InChI is InChI=1S/C39H56N8O5.C39H58N6O5/c1-22-31-17-27(39(31,3)4)18-32(22)43-38(50)35-34(23(2)48)33(19-41-44-40)52-47(35)20-24-10-9-11-30(36(24)51-8)25-14-26(16-29(15-25)45(5)6)37(49)42-28-12-13-46(7)21-28;1-22-31-17-27(39(31,3)4)18-32(22)42-38(48)35-34(23(2)46)33(19-40)50-45(35)20-24-10-9-11-30(36(24)49-8)25-14-26(16-29(15-25)43(5)6)37(47)41-28-12-13-44(7)21-28/h9-11,14-16,22-23,27-28,31-35,48H,12-13,17-21H2,1-8H3,(H,42,49)(H,43,50);9-11,14-16,22-23,27-28,31-35,46H,12-13,17-21,40H2,1-8H3,(H,41,47)(H,42,48)/t2*22-,23-,27+,28+,31-,32-,33-,34+,35-/m00/s1. The fourth-order valence-electron chi connectivity index (χ4n) is 18.8. The summed E-state index contributed by atoms with van der Waals surface area (Å²) in [6.07, 6.45) is 3.20. The molecule has 10 aliphatic rings. The second-order valence-corrected chi connectivity index (χ2v) is 32.5. The van der Waals surface area contributed by atoms with E-state index in [1.807, 2.05) is 105 Å². The molecule has 18 atom stereocenters. The number of hydroxylamine groups is 4. The Balaban J connectivity index is 0.000000205. The molecule has 4 aliphatic heterocycles. The molecule has 4 saturated heterocycles. The molecule has 14 rings (SSSR count). The first-order valence-electron chi connectivity index (χ1n) is 37.0. The molecule has 4 heterocycles.